The van der Waals surface area contributed by atoms with Gasteiger partial charge >= 0.3 is 0 Å². The maximum absolute atomic E-state index is 13.9. The highest BCUT2D eigenvalue weighted by molar-refractivity contribution is 5.88. The van der Waals surface area contributed by atoms with Gasteiger partial charge in [0, 0.05) is 10.9 Å². The smallest absolute Gasteiger partial charge is 0.166 e. The molecule has 3 aromatic rings. The molecule has 0 aliphatic carbocycles. The van der Waals surface area contributed by atoms with E-state index in [-0.39, 0.29) is 11.2 Å². The Morgan fingerprint density at radius 1 is 0.750 bits per heavy atom. The van der Waals surface area contributed by atoms with Gasteiger partial charge in [0.1, 0.15) is 5.82 Å². The number of halogens is 3. The third kappa shape index (κ3) is 2.05. The van der Waals surface area contributed by atoms with Gasteiger partial charge in [-0.05, 0) is 41.6 Å². The van der Waals surface area contributed by atoms with Crippen LogP contribution in [-0.2, 0) is 0 Å². The topological polar surface area (TPSA) is 0 Å². The average molecular weight is 272 g/mol. The molecule has 100 valence electrons. The Kier molecular flexibility index (Phi) is 2.97. The van der Waals surface area contributed by atoms with Gasteiger partial charge in [0.2, 0.25) is 0 Å². The summed E-state index contributed by atoms with van der Waals surface area (Å²) in [5, 5.41) is 0.739. The number of fused-ring (bicyclic) bond motifs is 1. The van der Waals surface area contributed by atoms with Crippen molar-refractivity contribution in [3.63, 3.8) is 0 Å². The van der Waals surface area contributed by atoms with E-state index in [1.165, 1.54) is 18.2 Å². The third-order valence-corrected chi connectivity index (χ3v) is 3.34. The van der Waals surface area contributed by atoms with Crippen LogP contribution in [-0.4, -0.2) is 0 Å². The van der Waals surface area contributed by atoms with E-state index in [0.717, 1.165) is 11.6 Å². The predicted molar refractivity (Wildman–Crippen MR) is 74.0 cm³/mol. The van der Waals surface area contributed by atoms with E-state index in [4.69, 9.17) is 0 Å². The maximum atomic E-state index is 13.9. The van der Waals surface area contributed by atoms with E-state index >= 15 is 0 Å². The van der Waals surface area contributed by atoms with Gasteiger partial charge in [0.25, 0.3) is 0 Å². The van der Waals surface area contributed by atoms with Crippen molar-refractivity contribution in [1.29, 1.82) is 0 Å². The minimum Gasteiger partial charge on any atom is -0.206 e. The van der Waals surface area contributed by atoms with Gasteiger partial charge in [0.15, 0.2) is 11.6 Å². The second-order valence-corrected chi connectivity index (χ2v) is 4.78. The molecular weight excluding hydrogens is 261 g/mol. The molecule has 0 aliphatic rings. The molecule has 3 aromatic carbocycles. The van der Waals surface area contributed by atoms with Crippen molar-refractivity contribution in [3.8, 4) is 11.1 Å². The number of hydrogen-bond acceptors (Lipinski definition) is 0. The highest BCUT2D eigenvalue weighted by Crippen LogP contribution is 2.28. The van der Waals surface area contributed by atoms with Gasteiger partial charge in [0.05, 0.1) is 0 Å². The minimum atomic E-state index is -0.883. The molecule has 3 heteroatoms. The molecule has 20 heavy (non-hydrogen) atoms. The van der Waals surface area contributed by atoms with E-state index < -0.39 is 11.6 Å². The fourth-order valence-electron chi connectivity index (χ4n) is 2.29. The summed E-state index contributed by atoms with van der Waals surface area (Å²) in [4.78, 5) is 0. The lowest BCUT2D eigenvalue weighted by Crippen LogP contribution is -1.89. The molecule has 0 radical (unpaired) electrons. The standard InChI is InChI=1S/C17H11F3/c1-10-2-5-13(16(19)8-10)11-3-6-14-12(9-11)4-7-15(18)17(14)20/h2-9H,1H3. The summed E-state index contributed by atoms with van der Waals surface area (Å²) in [6.07, 6.45) is 0. The van der Waals surface area contributed by atoms with Gasteiger partial charge in [-0.3, -0.25) is 0 Å². The Morgan fingerprint density at radius 2 is 1.55 bits per heavy atom. The largest absolute Gasteiger partial charge is 0.206 e. The summed E-state index contributed by atoms with van der Waals surface area (Å²) < 4.78 is 40.7. The number of aryl methyl sites for hydroxylation is 1. The first-order valence-corrected chi connectivity index (χ1v) is 6.20. The second-order valence-electron chi connectivity index (χ2n) is 4.78. The van der Waals surface area contributed by atoms with E-state index in [0.29, 0.717) is 16.5 Å². The predicted octanol–water partition coefficient (Wildman–Crippen LogP) is 5.23. The number of hydrogen-bond donors (Lipinski definition) is 0. The molecule has 0 saturated carbocycles. The zero-order valence-electron chi connectivity index (χ0n) is 10.8. The molecule has 0 aliphatic heterocycles. The lowest BCUT2D eigenvalue weighted by Gasteiger charge is -2.07. The summed E-state index contributed by atoms with van der Waals surface area (Å²) in [5.41, 5.74) is 1.92. The fourth-order valence-corrected chi connectivity index (χ4v) is 2.29. The van der Waals surface area contributed by atoms with Crippen LogP contribution in [0.25, 0.3) is 21.9 Å². The highest BCUT2D eigenvalue weighted by atomic mass is 19.2. The first-order chi connectivity index (χ1) is 9.56. The third-order valence-electron chi connectivity index (χ3n) is 3.34. The molecule has 0 spiro atoms. The van der Waals surface area contributed by atoms with E-state index in [9.17, 15) is 13.2 Å². The zero-order chi connectivity index (χ0) is 14.3. The van der Waals surface area contributed by atoms with Crippen LogP contribution >= 0.6 is 0 Å². The molecule has 0 unspecified atom stereocenters. The molecule has 0 saturated heterocycles. The minimum absolute atomic E-state index is 0.196. The van der Waals surface area contributed by atoms with E-state index in [1.807, 2.05) is 13.0 Å². The lowest BCUT2D eigenvalue weighted by atomic mass is 9.99. The summed E-state index contributed by atoms with van der Waals surface area (Å²) in [6.45, 7) is 1.81. The Labute approximate surface area is 114 Å². The Morgan fingerprint density at radius 3 is 2.30 bits per heavy atom. The van der Waals surface area contributed by atoms with Crippen molar-refractivity contribution in [2.75, 3.05) is 0 Å². The SMILES string of the molecule is Cc1ccc(-c2ccc3c(F)c(F)ccc3c2)c(F)c1. The second kappa shape index (κ2) is 4.67. The molecule has 3 rings (SSSR count). The van der Waals surface area contributed by atoms with Gasteiger partial charge in [-0.2, -0.15) is 0 Å². The van der Waals surface area contributed by atoms with Gasteiger partial charge < -0.3 is 0 Å². The number of benzene rings is 3. The number of rotatable bonds is 1. The Balaban J connectivity index is 2.21. The van der Waals surface area contributed by atoms with Crippen LogP contribution in [0.1, 0.15) is 5.56 Å². The van der Waals surface area contributed by atoms with Crippen molar-refractivity contribution in [2.45, 2.75) is 6.92 Å². The molecule has 0 nitrogen and oxygen atoms in total. The normalized spacial score (nSPS) is 11.0. The van der Waals surface area contributed by atoms with Crippen molar-refractivity contribution < 1.29 is 13.2 Å². The Bertz CT molecular complexity index is 807. The molecule has 0 fully saturated rings. The van der Waals surface area contributed by atoms with Gasteiger partial charge in [-0.25, -0.2) is 13.2 Å². The highest BCUT2D eigenvalue weighted by Gasteiger charge is 2.10. The maximum Gasteiger partial charge on any atom is 0.166 e. The summed E-state index contributed by atoms with van der Waals surface area (Å²) in [5.74, 6) is -2.09. The molecule has 0 heterocycles. The molecular formula is C17H11F3. The monoisotopic (exact) mass is 272 g/mol. The van der Waals surface area contributed by atoms with Crippen LogP contribution in [0.2, 0.25) is 0 Å². The molecule has 0 atom stereocenters. The quantitative estimate of drug-likeness (QED) is 0.568. The van der Waals surface area contributed by atoms with E-state index in [1.54, 1.807) is 18.2 Å². The van der Waals surface area contributed by atoms with Crippen LogP contribution in [0.4, 0.5) is 13.2 Å². The van der Waals surface area contributed by atoms with Crippen LogP contribution in [0.15, 0.2) is 48.5 Å². The molecule has 0 amide bonds. The molecule has 0 N–H and O–H groups in total. The summed E-state index contributed by atoms with van der Waals surface area (Å²) in [7, 11) is 0. The van der Waals surface area contributed by atoms with E-state index in [2.05, 4.69) is 0 Å². The van der Waals surface area contributed by atoms with Crippen LogP contribution in [0.3, 0.4) is 0 Å². The van der Waals surface area contributed by atoms with Crippen molar-refractivity contribution in [1.82, 2.24) is 0 Å². The van der Waals surface area contributed by atoms with Crippen LogP contribution in [0, 0.1) is 24.4 Å². The van der Waals surface area contributed by atoms with Crippen LogP contribution < -0.4 is 0 Å². The summed E-state index contributed by atoms with van der Waals surface area (Å²) in [6, 6.07) is 12.2. The fraction of sp³-hybridized carbons (Fsp3) is 0.0588. The lowest BCUT2D eigenvalue weighted by molar-refractivity contribution is 0.517. The zero-order valence-corrected chi connectivity index (χ0v) is 10.8. The Hall–Kier alpha value is -2.29. The van der Waals surface area contributed by atoms with Crippen LogP contribution in [0.5, 0.6) is 0 Å². The average Bonchev–Trinajstić information content (AvgIpc) is 2.43. The van der Waals surface area contributed by atoms with Gasteiger partial charge in [-0.1, -0.05) is 30.3 Å². The van der Waals surface area contributed by atoms with Gasteiger partial charge in [-0.15, -0.1) is 0 Å². The van der Waals surface area contributed by atoms with Crippen molar-refractivity contribution >= 4 is 10.8 Å². The van der Waals surface area contributed by atoms with Crippen molar-refractivity contribution in [3.05, 3.63) is 71.5 Å². The first kappa shape index (κ1) is 12.7. The van der Waals surface area contributed by atoms with Crippen molar-refractivity contribution in [2.24, 2.45) is 0 Å². The molecule has 0 bridgehead atoms. The molecule has 0 aromatic heterocycles. The first-order valence-electron chi connectivity index (χ1n) is 6.20. The summed E-state index contributed by atoms with van der Waals surface area (Å²) >= 11 is 0.